The number of benzene rings is 1. The Bertz CT molecular complexity index is 1000. The standard InChI is InChI=1S/C28H38F6N2O3/c1-26(2,38)20-4-3-10-36(16-20)25(37)22-6-5-21(15-24(22)29)39-13-9-19-14-23(19)18-7-11-35(12-8-18)17-27(30,31)28(32,33)34/h5-6,15,18-20,23,38H,3-4,7-14,16-17H2,1-2H3/t19?,20?,23-/m1/s1. The lowest BCUT2D eigenvalue weighted by Gasteiger charge is -2.38. The first-order chi connectivity index (χ1) is 18.2. The molecular weight excluding hydrogens is 526 g/mol. The molecule has 3 atom stereocenters. The normalized spacial score (nSPS) is 25.6. The Balaban J connectivity index is 1.19. The summed E-state index contributed by atoms with van der Waals surface area (Å²) in [4.78, 5) is 15.7. The lowest BCUT2D eigenvalue weighted by Crippen LogP contribution is -2.49. The third kappa shape index (κ3) is 7.39. The number of piperidine rings is 2. The molecule has 4 rings (SSSR count). The van der Waals surface area contributed by atoms with Crippen molar-refractivity contribution in [3.8, 4) is 5.75 Å². The van der Waals surface area contributed by atoms with Gasteiger partial charge in [-0.15, -0.1) is 0 Å². The van der Waals surface area contributed by atoms with Crippen molar-refractivity contribution in [1.29, 1.82) is 0 Å². The number of alkyl halides is 5. The average Bonchev–Trinajstić information content (AvgIpc) is 3.62. The predicted octanol–water partition coefficient (Wildman–Crippen LogP) is 5.76. The number of nitrogens with zero attached hydrogens (tertiary/aromatic N) is 2. The largest absolute Gasteiger partial charge is 0.493 e. The van der Waals surface area contributed by atoms with Crippen LogP contribution in [0.15, 0.2) is 18.2 Å². The minimum Gasteiger partial charge on any atom is -0.493 e. The van der Waals surface area contributed by atoms with Gasteiger partial charge >= 0.3 is 12.1 Å². The number of aliphatic hydroxyl groups is 1. The van der Waals surface area contributed by atoms with Gasteiger partial charge in [0.25, 0.3) is 5.91 Å². The molecule has 2 heterocycles. The highest BCUT2D eigenvalue weighted by Crippen LogP contribution is 2.50. The molecule has 2 unspecified atom stereocenters. The molecule has 3 fully saturated rings. The molecule has 1 aromatic rings. The number of halogens is 6. The zero-order chi connectivity index (χ0) is 28.6. The molecule has 220 valence electrons. The summed E-state index contributed by atoms with van der Waals surface area (Å²) in [5.74, 6) is -4.39. The van der Waals surface area contributed by atoms with Crippen molar-refractivity contribution in [2.75, 3.05) is 39.3 Å². The highest BCUT2D eigenvalue weighted by atomic mass is 19.4. The second-order valence-corrected chi connectivity index (χ2v) is 12.0. The van der Waals surface area contributed by atoms with E-state index in [4.69, 9.17) is 4.74 Å². The monoisotopic (exact) mass is 564 g/mol. The van der Waals surface area contributed by atoms with Gasteiger partial charge in [0.15, 0.2) is 0 Å². The summed E-state index contributed by atoms with van der Waals surface area (Å²) in [6.45, 7) is 3.88. The fourth-order valence-corrected chi connectivity index (χ4v) is 6.09. The van der Waals surface area contributed by atoms with Gasteiger partial charge in [-0.2, -0.15) is 22.0 Å². The fourth-order valence-electron chi connectivity index (χ4n) is 6.09. The van der Waals surface area contributed by atoms with Crippen LogP contribution in [0.5, 0.6) is 5.75 Å². The van der Waals surface area contributed by atoms with Gasteiger partial charge in [-0.1, -0.05) is 0 Å². The Hall–Kier alpha value is -2.01. The summed E-state index contributed by atoms with van der Waals surface area (Å²) < 4.78 is 84.6. The third-order valence-corrected chi connectivity index (χ3v) is 8.69. The molecule has 11 heteroatoms. The Morgan fingerprint density at radius 2 is 1.77 bits per heavy atom. The maximum absolute atomic E-state index is 14.8. The molecule has 1 amide bonds. The van der Waals surface area contributed by atoms with Crippen LogP contribution >= 0.6 is 0 Å². The van der Waals surface area contributed by atoms with Gasteiger partial charge in [0.05, 0.1) is 24.3 Å². The van der Waals surface area contributed by atoms with Crippen molar-refractivity contribution < 1.29 is 41.0 Å². The highest BCUT2D eigenvalue weighted by Gasteiger charge is 2.58. The number of hydrogen-bond donors (Lipinski definition) is 1. The number of rotatable bonds is 9. The van der Waals surface area contributed by atoms with E-state index in [0.717, 1.165) is 25.7 Å². The smallest absolute Gasteiger partial charge is 0.454 e. The highest BCUT2D eigenvalue weighted by molar-refractivity contribution is 5.94. The van der Waals surface area contributed by atoms with Crippen LogP contribution in [0.1, 0.15) is 62.7 Å². The number of carbonyl (C=O) groups excluding carboxylic acids is 1. The molecule has 3 aliphatic rings. The third-order valence-electron chi connectivity index (χ3n) is 8.69. The molecule has 2 aliphatic heterocycles. The predicted molar refractivity (Wildman–Crippen MR) is 133 cm³/mol. The van der Waals surface area contributed by atoms with Crippen molar-refractivity contribution in [2.45, 2.75) is 70.1 Å². The quantitative estimate of drug-likeness (QED) is 0.388. The van der Waals surface area contributed by atoms with Crippen molar-refractivity contribution in [3.63, 3.8) is 0 Å². The molecule has 39 heavy (non-hydrogen) atoms. The van der Waals surface area contributed by atoms with Gasteiger partial charge in [0.1, 0.15) is 11.6 Å². The van der Waals surface area contributed by atoms with Gasteiger partial charge in [0.2, 0.25) is 0 Å². The summed E-state index contributed by atoms with van der Waals surface area (Å²) in [6, 6.07) is 4.21. The number of amides is 1. The van der Waals surface area contributed by atoms with E-state index >= 15 is 0 Å². The first kappa shape index (κ1) is 30.0. The van der Waals surface area contributed by atoms with E-state index in [1.807, 2.05) is 0 Å². The molecule has 1 aromatic carbocycles. The lowest BCUT2D eigenvalue weighted by molar-refractivity contribution is -0.287. The van der Waals surface area contributed by atoms with Crippen LogP contribution in [-0.2, 0) is 0 Å². The van der Waals surface area contributed by atoms with Crippen LogP contribution in [0.25, 0.3) is 0 Å². The molecular formula is C28H38F6N2O3. The van der Waals surface area contributed by atoms with Crippen molar-refractivity contribution in [3.05, 3.63) is 29.6 Å². The van der Waals surface area contributed by atoms with E-state index in [9.17, 15) is 36.2 Å². The van der Waals surface area contributed by atoms with Crippen LogP contribution in [0.4, 0.5) is 26.3 Å². The second kappa shape index (κ2) is 11.5. The van der Waals surface area contributed by atoms with Crippen molar-refractivity contribution >= 4 is 5.91 Å². The minimum atomic E-state index is -5.53. The fraction of sp³-hybridized carbons (Fsp3) is 0.750. The average molecular weight is 565 g/mol. The van der Waals surface area contributed by atoms with Gasteiger partial charge in [0, 0.05) is 25.1 Å². The number of likely N-dealkylation sites (tertiary alicyclic amines) is 2. The SMILES string of the molecule is CC(C)(O)C1CCCN(C(=O)c2ccc(OCCC3C[C@@H]3C3CCN(CC(F)(F)C(F)(F)F)CC3)cc2F)C1. The summed E-state index contributed by atoms with van der Waals surface area (Å²) >= 11 is 0. The van der Waals surface area contributed by atoms with Gasteiger partial charge in [-0.3, -0.25) is 9.69 Å². The van der Waals surface area contributed by atoms with Crippen LogP contribution in [0, 0.1) is 29.5 Å². The van der Waals surface area contributed by atoms with Crippen molar-refractivity contribution in [2.24, 2.45) is 23.7 Å². The topological polar surface area (TPSA) is 53.0 Å². The Kier molecular flexibility index (Phi) is 8.81. The summed E-state index contributed by atoms with van der Waals surface area (Å²) in [5.41, 5.74) is -0.943. The molecule has 1 N–H and O–H groups in total. The van der Waals surface area contributed by atoms with Gasteiger partial charge in [-0.25, -0.2) is 4.39 Å². The molecule has 5 nitrogen and oxygen atoms in total. The maximum Gasteiger partial charge on any atom is 0.454 e. The first-order valence-electron chi connectivity index (χ1n) is 13.8. The summed E-state index contributed by atoms with van der Waals surface area (Å²) in [5, 5.41) is 10.3. The zero-order valence-corrected chi connectivity index (χ0v) is 22.5. The van der Waals surface area contributed by atoms with E-state index in [1.54, 1.807) is 24.8 Å². The Morgan fingerprint density at radius 1 is 1.08 bits per heavy atom. The van der Waals surface area contributed by atoms with Crippen LogP contribution in [0.3, 0.4) is 0 Å². The molecule has 1 saturated carbocycles. The molecule has 1 aliphatic carbocycles. The van der Waals surface area contributed by atoms with Crippen molar-refractivity contribution in [1.82, 2.24) is 9.80 Å². The van der Waals surface area contributed by atoms with Gasteiger partial charge < -0.3 is 14.7 Å². The Labute approximate surface area is 225 Å². The maximum atomic E-state index is 14.8. The van der Waals surface area contributed by atoms with Crippen LogP contribution < -0.4 is 4.74 Å². The molecule has 0 aromatic heterocycles. The van der Waals surface area contributed by atoms with E-state index in [0.29, 0.717) is 56.0 Å². The van der Waals surface area contributed by atoms with Gasteiger partial charge in [-0.05, 0) is 95.3 Å². The molecule has 2 saturated heterocycles. The number of carbonyl (C=O) groups is 1. The Morgan fingerprint density at radius 3 is 2.38 bits per heavy atom. The van der Waals surface area contributed by atoms with E-state index < -0.39 is 36.0 Å². The second-order valence-electron chi connectivity index (χ2n) is 12.0. The molecule has 0 bridgehead atoms. The number of hydrogen-bond acceptors (Lipinski definition) is 4. The van der Waals surface area contributed by atoms with E-state index in [2.05, 4.69) is 0 Å². The lowest BCUT2D eigenvalue weighted by atomic mass is 9.84. The zero-order valence-electron chi connectivity index (χ0n) is 22.5. The molecule has 0 spiro atoms. The van der Waals surface area contributed by atoms with E-state index in [-0.39, 0.29) is 24.6 Å². The first-order valence-corrected chi connectivity index (χ1v) is 13.8. The van der Waals surface area contributed by atoms with Crippen LogP contribution in [-0.4, -0.2) is 77.8 Å². The minimum absolute atomic E-state index is 0.0275. The molecule has 0 radical (unpaired) electrons. The van der Waals surface area contributed by atoms with E-state index in [1.165, 1.54) is 17.0 Å². The summed E-state index contributed by atoms with van der Waals surface area (Å²) in [6.07, 6.45) is -1.06. The van der Waals surface area contributed by atoms with Crippen LogP contribution in [0.2, 0.25) is 0 Å². The summed E-state index contributed by atoms with van der Waals surface area (Å²) in [7, 11) is 0. The number of ether oxygens (including phenoxy) is 1.